The summed E-state index contributed by atoms with van der Waals surface area (Å²) in [6, 6.07) is 14.1. The van der Waals surface area contributed by atoms with E-state index in [1.807, 2.05) is 10.6 Å². The van der Waals surface area contributed by atoms with Crippen molar-refractivity contribution in [3.63, 3.8) is 0 Å². The fourth-order valence-corrected chi connectivity index (χ4v) is 5.19. The number of esters is 1. The van der Waals surface area contributed by atoms with Gasteiger partial charge in [-0.3, -0.25) is 4.68 Å². The van der Waals surface area contributed by atoms with Gasteiger partial charge in [0.2, 0.25) is 5.88 Å². The van der Waals surface area contributed by atoms with Crippen LogP contribution in [0.2, 0.25) is 0 Å². The van der Waals surface area contributed by atoms with Crippen LogP contribution in [-0.4, -0.2) is 50.1 Å². The number of benzene rings is 2. The number of carbonyl (C=O) groups is 1. The molecule has 1 aliphatic heterocycles. The molecule has 0 spiro atoms. The maximum Gasteiger partial charge on any atom is 0.337 e. The molecule has 0 amide bonds. The van der Waals surface area contributed by atoms with E-state index in [4.69, 9.17) is 14.2 Å². The summed E-state index contributed by atoms with van der Waals surface area (Å²) in [6.07, 6.45) is 0.892. The lowest BCUT2D eigenvalue weighted by Crippen LogP contribution is -2.31. The monoisotopic (exact) mass is 637 g/mol. The average Bonchev–Trinajstić information content (AvgIpc) is 3.47. The number of imidazole rings is 1. The van der Waals surface area contributed by atoms with Crippen LogP contribution in [-0.2, 0) is 36.1 Å². The van der Waals surface area contributed by atoms with Crippen LogP contribution in [0.5, 0.6) is 5.88 Å². The molecule has 42 heavy (non-hydrogen) atoms. The number of fused-ring (bicyclic) bond motifs is 1. The lowest BCUT2D eigenvalue weighted by Gasteiger charge is -2.27. The summed E-state index contributed by atoms with van der Waals surface area (Å²) < 4.78 is 51.5. The third kappa shape index (κ3) is 5.64. The Morgan fingerprint density at radius 1 is 1.12 bits per heavy atom. The van der Waals surface area contributed by atoms with E-state index in [-0.39, 0.29) is 41.8 Å². The SMILES string of the molecule is COC(=O)c1ccc2nc(Cc3cc(F)c(-c4cccc(OCc5cc(Br)n(C)n5)n4)cc3F)n(CC3CCO3)c2c1. The van der Waals surface area contributed by atoms with Crippen molar-refractivity contribution in [3.05, 3.63) is 93.5 Å². The van der Waals surface area contributed by atoms with Crippen LogP contribution in [0.3, 0.4) is 0 Å². The largest absolute Gasteiger partial charge is 0.471 e. The molecule has 0 bridgehead atoms. The standard InChI is InChI=1S/C30H26BrF2N5O4/c1-37-27(31)13-19(36-37)16-42-29-5-3-4-24(35-29)21-14-22(32)18(10-23(21)33)12-28-34-25-7-6-17(30(39)40-2)11-26(25)38(28)15-20-8-9-41-20/h3-7,10-11,13-14,20H,8-9,12,15-16H2,1-2H3. The highest BCUT2D eigenvalue weighted by molar-refractivity contribution is 9.10. The van der Waals surface area contributed by atoms with Gasteiger partial charge in [0, 0.05) is 31.7 Å². The van der Waals surface area contributed by atoms with Gasteiger partial charge in [-0.2, -0.15) is 5.10 Å². The summed E-state index contributed by atoms with van der Waals surface area (Å²) >= 11 is 3.39. The first kappa shape index (κ1) is 28.0. The summed E-state index contributed by atoms with van der Waals surface area (Å²) in [5.74, 6) is -0.892. The van der Waals surface area contributed by atoms with Crippen molar-refractivity contribution in [3.8, 4) is 17.1 Å². The Morgan fingerprint density at radius 2 is 1.95 bits per heavy atom. The minimum absolute atomic E-state index is 0.0152. The quantitative estimate of drug-likeness (QED) is 0.194. The molecule has 12 heteroatoms. The number of carbonyl (C=O) groups excluding carboxylic acids is 1. The first-order valence-corrected chi connectivity index (χ1v) is 14.0. The first-order chi connectivity index (χ1) is 20.3. The lowest BCUT2D eigenvalue weighted by atomic mass is 10.0. The van der Waals surface area contributed by atoms with E-state index in [1.165, 1.54) is 13.2 Å². The van der Waals surface area contributed by atoms with Crippen molar-refractivity contribution >= 4 is 32.9 Å². The highest BCUT2D eigenvalue weighted by Gasteiger charge is 2.24. The maximum atomic E-state index is 15.5. The smallest absolute Gasteiger partial charge is 0.337 e. The van der Waals surface area contributed by atoms with E-state index < -0.39 is 17.6 Å². The van der Waals surface area contributed by atoms with Crippen LogP contribution >= 0.6 is 15.9 Å². The molecule has 3 aromatic heterocycles. The van der Waals surface area contributed by atoms with Crippen LogP contribution in [0, 0.1) is 11.6 Å². The molecule has 9 nitrogen and oxygen atoms in total. The van der Waals surface area contributed by atoms with Gasteiger partial charge in [-0.25, -0.2) is 23.5 Å². The summed E-state index contributed by atoms with van der Waals surface area (Å²) in [5.41, 5.74) is 2.79. The van der Waals surface area contributed by atoms with Gasteiger partial charge in [0.15, 0.2) is 0 Å². The molecule has 4 heterocycles. The predicted molar refractivity (Wildman–Crippen MR) is 153 cm³/mol. The molecule has 1 unspecified atom stereocenters. The van der Waals surface area contributed by atoms with Gasteiger partial charge in [0.1, 0.15) is 34.4 Å². The molecule has 1 atom stereocenters. The van der Waals surface area contributed by atoms with Crippen LogP contribution in [0.25, 0.3) is 22.3 Å². The molecule has 216 valence electrons. The molecule has 6 rings (SSSR count). The second kappa shape index (κ2) is 11.6. The summed E-state index contributed by atoms with van der Waals surface area (Å²) in [5, 5.41) is 4.31. The van der Waals surface area contributed by atoms with Crippen molar-refractivity contribution in [1.29, 1.82) is 0 Å². The molecule has 0 N–H and O–H groups in total. The molecular weight excluding hydrogens is 612 g/mol. The highest BCUT2D eigenvalue weighted by Crippen LogP contribution is 2.29. The van der Waals surface area contributed by atoms with Crippen LogP contribution < -0.4 is 4.74 Å². The van der Waals surface area contributed by atoms with Gasteiger partial charge in [-0.05, 0) is 70.4 Å². The Bertz CT molecular complexity index is 1780. The third-order valence-electron chi connectivity index (χ3n) is 7.15. The molecule has 1 saturated heterocycles. The molecule has 1 fully saturated rings. The van der Waals surface area contributed by atoms with Gasteiger partial charge in [-0.1, -0.05) is 6.07 Å². The molecule has 0 saturated carbocycles. The number of aryl methyl sites for hydroxylation is 1. The fraction of sp³-hybridized carbons (Fsp3) is 0.267. The predicted octanol–water partition coefficient (Wildman–Crippen LogP) is 5.62. The summed E-state index contributed by atoms with van der Waals surface area (Å²) in [7, 11) is 3.12. The van der Waals surface area contributed by atoms with Crippen molar-refractivity contribution in [2.75, 3.05) is 13.7 Å². The van der Waals surface area contributed by atoms with E-state index in [1.54, 1.807) is 48.1 Å². The van der Waals surface area contributed by atoms with E-state index in [9.17, 15) is 4.79 Å². The minimum atomic E-state index is -0.623. The normalized spacial score (nSPS) is 14.6. The van der Waals surface area contributed by atoms with E-state index in [0.717, 1.165) is 17.1 Å². The Kier molecular flexibility index (Phi) is 7.74. The molecule has 2 aromatic carbocycles. The number of pyridine rings is 1. The maximum absolute atomic E-state index is 15.5. The number of aromatic nitrogens is 5. The van der Waals surface area contributed by atoms with Gasteiger partial charge in [0.05, 0.1) is 42.0 Å². The third-order valence-corrected chi connectivity index (χ3v) is 7.90. The Balaban J connectivity index is 1.27. The number of hydrogen-bond donors (Lipinski definition) is 0. The number of ether oxygens (including phenoxy) is 3. The zero-order valence-electron chi connectivity index (χ0n) is 22.8. The van der Waals surface area contributed by atoms with Crippen LogP contribution in [0.4, 0.5) is 8.78 Å². The number of methoxy groups -OCH3 is 1. The van der Waals surface area contributed by atoms with Crippen LogP contribution in [0.15, 0.2) is 59.2 Å². The van der Waals surface area contributed by atoms with Gasteiger partial charge in [-0.15, -0.1) is 0 Å². The Morgan fingerprint density at radius 3 is 2.67 bits per heavy atom. The second-order valence-corrected chi connectivity index (χ2v) is 10.8. The van der Waals surface area contributed by atoms with Crippen molar-refractivity contribution in [1.82, 2.24) is 24.3 Å². The molecule has 5 aromatic rings. The summed E-state index contributed by atoms with van der Waals surface area (Å²) in [6.45, 7) is 1.31. The van der Waals surface area contributed by atoms with E-state index >= 15 is 8.78 Å². The zero-order valence-corrected chi connectivity index (χ0v) is 24.4. The summed E-state index contributed by atoms with van der Waals surface area (Å²) in [4.78, 5) is 21.2. The number of rotatable bonds is 9. The van der Waals surface area contributed by atoms with Gasteiger partial charge < -0.3 is 18.8 Å². The van der Waals surface area contributed by atoms with Crippen molar-refractivity contribution < 1.29 is 27.8 Å². The Hall–Kier alpha value is -4.16. The lowest BCUT2D eigenvalue weighted by molar-refractivity contribution is -0.0589. The molecule has 0 aliphatic carbocycles. The highest BCUT2D eigenvalue weighted by atomic mass is 79.9. The zero-order chi connectivity index (χ0) is 29.4. The molecular formula is C30H26BrF2N5O4. The van der Waals surface area contributed by atoms with E-state index in [0.29, 0.717) is 41.3 Å². The minimum Gasteiger partial charge on any atom is -0.471 e. The molecule has 1 aliphatic rings. The van der Waals surface area contributed by atoms with Crippen molar-refractivity contribution in [2.24, 2.45) is 7.05 Å². The van der Waals surface area contributed by atoms with Crippen LogP contribution in [0.1, 0.15) is 33.9 Å². The van der Waals surface area contributed by atoms with Gasteiger partial charge >= 0.3 is 5.97 Å². The molecule has 0 radical (unpaired) electrons. The number of halogens is 3. The van der Waals surface area contributed by atoms with E-state index in [2.05, 4.69) is 31.0 Å². The Labute approximate surface area is 248 Å². The first-order valence-electron chi connectivity index (χ1n) is 13.2. The second-order valence-electron chi connectivity index (χ2n) is 9.95. The average molecular weight is 638 g/mol. The number of hydrogen-bond acceptors (Lipinski definition) is 7. The fourth-order valence-electron chi connectivity index (χ4n) is 4.84. The number of nitrogens with zero attached hydrogens (tertiary/aromatic N) is 5. The van der Waals surface area contributed by atoms with Gasteiger partial charge in [0.25, 0.3) is 0 Å². The topological polar surface area (TPSA) is 93.3 Å². The van der Waals surface area contributed by atoms with Crippen molar-refractivity contribution in [2.45, 2.75) is 32.1 Å².